The van der Waals surface area contributed by atoms with Crippen LogP contribution in [0.25, 0.3) is 0 Å². The summed E-state index contributed by atoms with van der Waals surface area (Å²) in [5, 5.41) is 0.301. The van der Waals surface area contributed by atoms with Crippen molar-refractivity contribution in [3.8, 4) is 0 Å². The van der Waals surface area contributed by atoms with E-state index < -0.39 is 8.32 Å². The molecule has 0 saturated carbocycles. The van der Waals surface area contributed by atoms with Crippen LogP contribution in [-0.4, -0.2) is 18.2 Å². The van der Waals surface area contributed by atoms with Gasteiger partial charge in [0.2, 0.25) is 0 Å². The molecule has 1 unspecified atom stereocenters. The summed E-state index contributed by atoms with van der Waals surface area (Å²) in [6.45, 7) is 13.5. The minimum atomic E-state index is -1.58. The van der Waals surface area contributed by atoms with Crippen LogP contribution in [-0.2, 0) is 4.43 Å². The summed E-state index contributed by atoms with van der Waals surface area (Å²) in [6.07, 6.45) is 1.33. The number of rotatable bonds is 4. The predicted octanol–water partition coefficient (Wildman–Crippen LogP) is 4.90. The molecular weight excluding hydrogens is 324 g/mol. The van der Waals surface area contributed by atoms with Crippen molar-refractivity contribution in [3.05, 3.63) is 0 Å². The summed E-state index contributed by atoms with van der Waals surface area (Å²) in [5.41, 5.74) is 0. The maximum absolute atomic E-state index is 6.19. The van der Waals surface area contributed by atoms with Gasteiger partial charge in [-0.1, -0.05) is 52.6 Å². The molecule has 1 atom stereocenters. The SMILES string of the molecule is CC(CC(Br)Br)O[Si](C)(C)C(C)(C)C. The molecule has 0 aliphatic rings. The highest BCUT2D eigenvalue weighted by Gasteiger charge is 2.38. The Morgan fingerprint density at radius 1 is 1.21 bits per heavy atom. The van der Waals surface area contributed by atoms with Crippen LogP contribution in [0.15, 0.2) is 0 Å². The fourth-order valence-electron chi connectivity index (χ4n) is 0.979. The van der Waals surface area contributed by atoms with Gasteiger partial charge in [0.1, 0.15) is 0 Å². The van der Waals surface area contributed by atoms with Crippen LogP contribution in [0.1, 0.15) is 34.1 Å². The van der Waals surface area contributed by atoms with Gasteiger partial charge in [0.25, 0.3) is 0 Å². The molecule has 0 aromatic carbocycles. The van der Waals surface area contributed by atoms with Crippen molar-refractivity contribution in [1.82, 2.24) is 0 Å². The lowest BCUT2D eigenvalue weighted by Crippen LogP contribution is -2.43. The number of hydrogen-bond acceptors (Lipinski definition) is 1. The third-order valence-corrected chi connectivity index (χ3v) is 8.16. The van der Waals surface area contributed by atoms with Crippen molar-refractivity contribution >= 4 is 40.2 Å². The molecule has 86 valence electrons. The molecule has 4 heteroatoms. The van der Waals surface area contributed by atoms with Crippen molar-refractivity contribution in [2.75, 3.05) is 0 Å². The Labute approximate surface area is 106 Å². The van der Waals surface area contributed by atoms with Crippen molar-refractivity contribution < 1.29 is 4.43 Å². The summed E-state index contributed by atoms with van der Waals surface area (Å²) < 4.78 is 6.55. The first-order valence-electron chi connectivity index (χ1n) is 5.02. The lowest BCUT2D eigenvalue weighted by atomic mass is 10.2. The van der Waals surface area contributed by atoms with Crippen LogP contribution in [0.2, 0.25) is 18.1 Å². The van der Waals surface area contributed by atoms with Gasteiger partial charge in [-0.15, -0.1) is 0 Å². The Hall–Kier alpha value is 1.14. The standard InChI is InChI=1S/C10H22Br2OSi/c1-8(7-9(11)12)13-14(5,6)10(2,3)4/h8-9H,7H2,1-6H3. The fraction of sp³-hybridized carbons (Fsp3) is 1.00. The monoisotopic (exact) mass is 344 g/mol. The predicted molar refractivity (Wildman–Crippen MR) is 74.0 cm³/mol. The largest absolute Gasteiger partial charge is 0.414 e. The quantitative estimate of drug-likeness (QED) is 0.520. The van der Waals surface area contributed by atoms with Crippen LogP contribution in [0, 0.1) is 0 Å². The van der Waals surface area contributed by atoms with E-state index in [0.717, 1.165) is 6.42 Å². The zero-order valence-corrected chi connectivity index (χ0v) is 14.2. The van der Waals surface area contributed by atoms with E-state index in [9.17, 15) is 0 Å². The molecule has 0 aliphatic carbocycles. The normalized spacial score (nSPS) is 16.1. The molecule has 0 N–H and O–H groups in total. The van der Waals surface area contributed by atoms with Gasteiger partial charge in [0, 0.05) is 6.10 Å². The second kappa shape index (κ2) is 5.46. The van der Waals surface area contributed by atoms with Crippen LogP contribution in [0.3, 0.4) is 0 Å². The van der Waals surface area contributed by atoms with Gasteiger partial charge < -0.3 is 4.43 Å². The molecule has 0 aliphatic heterocycles. The highest BCUT2D eigenvalue weighted by atomic mass is 79.9. The van der Waals surface area contributed by atoms with Crippen molar-refractivity contribution in [2.24, 2.45) is 0 Å². The minimum absolute atomic E-state index is 0.301. The van der Waals surface area contributed by atoms with Crippen molar-refractivity contribution in [2.45, 2.75) is 62.1 Å². The molecular formula is C10H22Br2OSi. The summed E-state index contributed by atoms with van der Waals surface area (Å²) in [4.78, 5) is 0. The second-order valence-electron chi connectivity index (χ2n) is 5.32. The molecule has 1 nitrogen and oxygen atoms in total. The van der Waals surface area contributed by atoms with Crippen molar-refractivity contribution in [3.63, 3.8) is 0 Å². The van der Waals surface area contributed by atoms with E-state index >= 15 is 0 Å². The number of alkyl halides is 2. The zero-order chi connectivity index (χ0) is 11.6. The van der Waals surface area contributed by atoms with E-state index in [4.69, 9.17) is 4.43 Å². The van der Waals surface area contributed by atoms with Gasteiger partial charge in [0.05, 0.1) is 3.74 Å². The summed E-state index contributed by atoms with van der Waals surface area (Å²) in [6, 6.07) is 0. The number of halogens is 2. The maximum atomic E-state index is 6.19. The average molecular weight is 346 g/mol. The Morgan fingerprint density at radius 3 is 1.93 bits per heavy atom. The van der Waals surface area contributed by atoms with Crippen LogP contribution in [0.5, 0.6) is 0 Å². The van der Waals surface area contributed by atoms with Crippen LogP contribution < -0.4 is 0 Å². The third kappa shape index (κ3) is 5.28. The van der Waals surface area contributed by atoms with E-state index in [1.807, 2.05) is 0 Å². The van der Waals surface area contributed by atoms with Gasteiger partial charge in [-0.2, -0.15) is 0 Å². The molecule has 0 rings (SSSR count). The molecule has 0 bridgehead atoms. The Balaban J connectivity index is 4.22. The first kappa shape index (κ1) is 15.1. The van der Waals surface area contributed by atoms with Gasteiger partial charge in [-0.3, -0.25) is 0 Å². The lowest BCUT2D eigenvalue weighted by Gasteiger charge is -2.38. The molecule has 0 fully saturated rings. The Kier molecular flexibility index (Phi) is 5.90. The first-order valence-corrected chi connectivity index (χ1v) is 9.76. The first-order chi connectivity index (χ1) is 6.06. The van der Waals surface area contributed by atoms with Crippen LogP contribution >= 0.6 is 31.9 Å². The van der Waals surface area contributed by atoms with E-state index in [1.165, 1.54) is 0 Å². The van der Waals surface area contributed by atoms with E-state index in [-0.39, 0.29) is 0 Å². The Bertz CT molecular complexity index is 175. The molecule has 0 aromatic rings. The highest BCUT2D eigenvalue weighted by Crippen LogP contribution is 2.37. The van der Waals surface area contributed by atoms with Crippen LogP contribution in [0.4, 0.5) is 0 Å². The number of hydrogen-bond donors (Lipinski definition) is 0. The molecule has 14 heavy (non-hydrogen) atoms. The van der Waals surface area contributed by atoms with Gasteiger partial charge in [-0.25, -0.2) is 0 Å². The van der Waals surface area contributed by atoms with E-state index in [0.29, 0.717) is 14.9 Å². The Morgan fingerprint density at radius 2 is 1.64 bits per heavy atom. The average Bonchev–Trinajstić information content (AvgIpc) is 1.79. The van der Waals surface area contributed by atoms with E-state index in [2.05, 4.69) is 72.6 Å². The maximum Gasteiger partial charge on any atom is 0.192 e. The molecule has 0 heterocycles. The molecule has 0 saturated heterocycles. The molecule has 0 spiro atoms. The lowest BCUT2D eigenvalue weighted by molar-refractivity contribution is 0.195. The minimum Gasteiger partial charge on any atom is -0.414 e. The molecule has 0 aromatic heterocycles. The summed E-state index contributed by atoms with van der Waals surface area (Å²) in [5.74, 6) is 0. The summed E-state index contributed by atoms with van der Waals surface area (Å²) in [7, 11) is -1.58. The second-order valence-corrected chi connectivity index (χ2v) is 13.5. The fourth-order valence-corrected chi connectivity index (χ4v) is 3.49. The third-order valence-electron chi connectivity index (χ3n) is 2.81. The zero-order valence-electron chi connectivity index (χ0n) is 10.0. The van der Waals surface area contributed by atoms with Gasteiger partial charge in [0.15, 0.2) is 8.32 Å². The molecule has 0 amide bonds. The van der Waals surface area contributed by atoms with Gasteiger partial charge >= 0.3 is 0 Å². The smallest absolute Gasteiger partial charge is 0.192 e. The molecule has 0 radical (unpaired) electrons. The summed E-state index contributed by atoms with van der Waals surface area (Å²) >= 11 is 6.97. The van der Waals surface area contributed by atoms with E-state index in [1.54, 1.807) is 0 Å². The highest BCUT2D eigenvalue weighted by molar-refractivity contribution is 9.24. The van der Waals surface area contributed by atoms with Gasteiger partial charge in [-0.05, 0) is 31.5 Å². The van der Waals surface area contributed by atoms with Crippen molar-refractivity contribution in [1.29, 1.82) is 0 Å². The topological polar surface area (TPSA) is 9.23 Å².